The van der Waals surface area contributed by atoms with E-state index in [1.807, 2.05) is 36.4 Å². The number of fused-ring (bicyclic) bond motifs is 1. The molecule has 1 N–H and O–H groups in total. The monoisotopic (exact) mass is 407 g/mol. The number of carbonyl (C=O) groups excluding carboxylic acids is 2. The van der Waals surface area contributed by atoms with Crippen LogP contribution in [0, 0.1) is 0 Å². The number of nitrogens with one attached hydrogen (secondary N) is 1. The van der Waals surface area contributed by atoms with Gasteiger partial charge < -0.3 is 15.0 Å². The Labute approximate surface area is 177 Å². The van der Waals surface area contributed by atoms with Crippen LogP contribution in [0.2, 0.25) is 0 Å². The van der Waals surface area contributed by atoms with E-state index >= 15 is 0 Å². The molecule has 6 nitrogen and oxygen atoms in total. The van der Waals surface area contributed by atoms with Crippen molar-refractivity contribution in [1.29, 1.82) is 0 Å². The van der Waals surface area contributed by atoms with Crippen LogP contribution in [-0.4, -0.2) is 54.4 Å². The van der Waals surface area contributed by atoms with E-state index in [2.05, 4.69) is 22.3 Å². The van der Waals surface area contributed by atoms with Crippen LogP contribution in [0.3, 0.4) is 0 Å². The van der Waals surface area contributed by atoms with Gasteiger partial charge in [0.1, 0.15) is 5.75 Å². The second-order valence-corrected chi connectivity index (χ2v) is 8.13. The van der Waals surface area contributed by atoms with E-state index in [0.717, 1.165) is 49.4 Å². The molecular formula is C24H29N3O3. The largest absolute Gasteiger partial charge is 0.497 e. The first-order valence-electron chi connectivity index (χ1n) is 10.6. The minimum Gasteiger partial charge on any atom is -0.497 e. The highest BCUT2D eigenvalue weighted by Gasteiger charge is 2.27. The first-order valence-corrected chi connectivity index (χ1v) is 10.6. The molecule has 30 heavy (non-hydrogen) atoms. The molecule has 1 unspecified atom stereocenters. The summed E-state index contributed by atoms with van der Waals surface area (Å²) in [6.07, 6.45) is 2.40. The van der Waals surface area contributed by atoms with Gasteiger partial charge in [0.15, 0.2) is 0 Å². The number of piperidine rings is 1. The summed E-state index contributed by atoms with van der Waals surface area (Å²) in [5.41, 5.74) is 3.02. The molecule has 2 heterocycles. The molecule has 2 aliphatic heterocycles. The zero-order chi connectivity index (χ0) is 20.9. The summed E-state index contributed by atoms with van der Waals surface area (Å²) in [7, 11) is 1.68. The van der Waals surface area contributed by atoms with Gasteiger partial charge in [0.2, 0.25) is 5.91 Å². The van der Waals surface area contributed by atoms with Crippen LogP contribution in [0.25, 0.3) is 0 Å². The first kappa shape index (κ1) is 20.4. The fraction of sp³-hybridized carbons (Fsp3) is 0.417. The van der Waals surface area contributed by atoms with Crippen LogP contribution in [0.15, 0.2) is 48.5 Å². The van der Waals surface area contributed by atoms with E-state index in [9.17, 15) is 9.59 Å². The quantitative estimate of drug-likeness (QED) is 0.767. The van der Waals surface area contributed by atoms with E-state index in [4.69, 9.17) is 4.74 Å². The van der Waals surface area contributed by atoms with Gasteiger partial charge in [-0.15, -0.1) is 0 Å². The van der Waals surface area contributed by atoms with E-state index in [0.29, 0.717) is 19.5 Å². The summed E-state index contributed by atoms with van der Waals surface area (Å²) < 4.78 is 5.31. The Balaban J connectivity index is 1.24. The first-order chi connectivity index (χ1) is 14.6. The highest BCUT2D eigenvalue weighted by molar-refractivity contribution is 5.98. The Morgan fingerprint density at radius 2 is 2.07 bits per heavy atom. The Hall–Kier alpha value is -2.86. The number of ether oxygens (including phenoxy) is 1. The fourth-order valence-corrected chi connectivity index (χ4v) is 4.38. The molecule has 0 saturated carbocycles. The SMILES string of the molecule is COc1cccc(CN2CCCC(NC(=O)CCN3Cc4ccccc4C3=O)C2)c1. The maximum absolute atomic E-state index is 12.5. The average molecular weight is 408 g/mol. The summed E-state index contributed by atoms with van der Waals surface area (Å²) >= 11 is 0. The van der Waals surface area contributed by atoms with Crippen molar-refractivity contribution in [3.63, 3.8) is 0 Å². The molecule has 2 aromatic carbocycles. The normalized spacial score (nSPS) is 18.9. The van der Waals surface area contributed by atoms with Gasteiger partial charge in [-0.2, -0.15) is 0 Å². The molecule has 0 aromatic heterocycles. The zero-order valence-corrected chi connectivity index (χ0v) is 17.5. The van der Waals surface area contributed by atoms with E-state index < -0.39 is 0 Å². The Kier molecular flexibility index (Phi) is 6.33. The summed E-state index contributed by atoms with van der Waals surface area (Å²) in [4.78, 5) is 29.1. The Bertz CT molecular complexity index is 914. The maximum Gasteiger partial charge on any atom is 0.254 e. The predicted molar refractivity (Wildman–Crippen MR) is 115 cm³/mol. The number of methoxy groups -OCH3 is 1. The smallest absolute Gasteiger partial charge is 0.254 e. The molecule has 2 aliphatic rings. The molecule has 1 atom stereocenters. The van der Waals surface area contributed by atoms with Gasteiger partial charge in [-0.3, -0.25) is 14.5 Å². The predicted octanol–water partition coefficient (Wildman–Crippen LogP) is 2.82. The van der Waals surface area contributed by atoms with Crippen molar-refractivity contribution in [2.75, 3.05) is 26.7 Å². The molecule has 0 aliphatic carbocycles. The number of benzene rings is 2. The molecule has 6 heteroatoms. The average Bonchev–Trinajstić information content (AvgIpc) is 3.08. The topological polar surface area (TPSA) is 61.9 Å². The van der Waals surface area contributed by atoms with Crippen LogP contribution in [0.1, 0.15) is 40.7 Å². The van der Waals surface area contributed by atoms with Crippen molar-refractivity contribution < 1.29 is 14.3 Å². The number of nitrogens with zero attached hydrogens (tertiary/aromatic N) is 2. The minimum absolute atomic E-state index is 0.0204. The highest BCUT2D eigenvalue weighted by atomic mass is 16.5. The third-order valence-corrected chi connectivity index (χ3v) is 5.92. The summed E-state index contributed by atoms with van der Waals surface area (Å²) in [5, 5.41) is 3.17. The van der Waals surface area contributed by atoms with Crippen LogP contribution >= 0.6 is 0 Å². The fourth-order valence-electron chi connectivity index (χ4n) is 4.38. The van der Waals surface area contributed by atoms with Crippen molar-refractivity contribution in [2.24, 2.45) is 0 Å². The van der Waals surface area contributed by atoms with Crippen molar-refractivity contribution in [2.45, 2.75) is 38.4 Å². The number of hydrogen-bond acceptors (Lipinski definition) is 4. The second kappa shape index (κ2) is 9.30. The Morgan fingerprint density at radius 3 is 2.90 bits per heavy atom. The lowest BCUT2D eigenvalue weighted by Gasteiger charge is -2.33. The number of hydrogen-bond donors (Lipinski definition) is 1. The molecule has 158 valence electrons. The van der Waals surface area contributed by atoms with Gasteiger partial charge in [0.05, 0.1) is 7.11 Å². The third-order valence-electron chi connectivity index (χ3n) is 5.92. The van der Waals surface area contributed by atoms with Gasteiger partial charge in [0, 0.05) is 44.2 Å². The standard InChI is InChI=1S/C24H29N3O3/c1-30-21-9-4-6-18(14-21)15-26-12-5-8-20(17-26)25-23(28)11-13-27-16-19-7-2-3-10-22(19)24(27)29/h2-4,6-7,9-10,14,20H,5,8,11-13,15-17H2,1H3,(H,25,28). The van der Waals surface area contributed by atoms with Crippen molar-refractivity contribution >= 4 is 11.8 Å². The van der Waals surface area contributed by atoms with Crippen molar-refractivity contribution in [3.8, 4) is 5.75 Å². The number of carbonyl (C=O) groups is 2. The van der Waals surface area contributed by atoms with Gasteiger partial charge >= 0.3 is 0 Å². The Morgan fingerprint density at radius 1 is 1.20 bits per heavy atom. The summed E-state index contributed by atoms with van der Waals surface area (Å²) in [6.45, 7) is 3.78. The van der Waals surface area contributed by atoms with E-state index in [-0.39, 0.29) is 17.9 Å². The number of amides is 2. The number of rotatable bonds is 7. The lowest BCUT2D eigenvalue weighted by molar-refractivity contribution is -0.122. The third kappa shape index (κ3) is 4.82. The molecule has 2 amide bonds. The molecule has 0 bridgehead atoms. The molecule has 1 fully saturated rings. The molecule has 0 radical (unpaired) electrons. The zero-order valence-electron chi connectivity index (χ0n) is 17.5. The highest BCUT2D eigenvalue weighted by Crippen LogP contribution is 2.22. The van der Waals surface area contributed by atoms with Crippen LogP contribution in [-0.2, 0) is 17.9 Å². The molecule has 1 saturated heterocycles. The van der Waals surface area contributed by atoms with Gasteiger partial charge in [-0.25, -0.2) is 0 Å². The lowest BCUT2D eigenvalue weighted by atomic mass is 10.0. The second-order valence-electron chi connectivity index (χ2n) is 8.13. The van der Waals surface area contributed by atoms with Gasteiger partial charge in [0.25, 0.3) is 5.91 Å². The number of likely N-dealkylation sites (tertiary alicyclic amines) is 1. The molecular weight excluding hydrogens is 378 g/mol. The summed E-state index contributed by atoms with van der Waals surface area (Å²) in [5.74, 6) is 0.917. The van der Waals surface area contributed by atoms with Crippen molar-refractivity contribution in [3.05, 3.63) is 65.2 Å². The molecule has 0 spiro atoms. The molecule has 4 rings (SSSR count). The van der Waals surface area contributed by atoms with Gasteiger partial charge in [-0.05, 0) is 48.7 Å². The lowest BCUT2D eigenvalue weighted by Crippen LogP contribution is -2.47. The van der Waals surface area contributed by atoms with Crippen LogP contribution in [0.5, 0.6) is 5.75 Å². The van der Waals surface area contributed by atoms with Gasteiger partial charge in [-0.1, -0.05) is 30.3 Å². The van der Waals surface area contributed by atoms with E-state index in [1.54, 1.807) is 12.0 Å². The van der Waals surface area contributed by atoms with E-state index in [1.165, 1.54) is 5.56 Å². The molecule has 2 aromatic rings. The van der Waals surface area contributed by atoms with Crippen molar-refractivity contribution in [1.82, 2.24) is 15.1 Å². The summed E-state index contributed by atoms with van der Waals surface area (Å²) in [6, 6.07) is 16.0. The van der Waals surface area contributed by atoms with Crippen LogP contribution < -0.4 is 10.1 Å². The van der Waals surface area contributed by atoms with Crippen LogP contribution in [0.4, 0.5) is 0 Å². The minimum atomic E-state index is 0.0204. The maximum atomic E-state index is 12.5.